The summed E-state index contributed by atoms with van der Waals surface area (Å²) in [5.41, 5.74) is 6.04. The lowest BCUT2D eigenvalue weighted by molar-refractivity contribution is -0.141. The lowest BCUT2D eigenvalue weighted by Gasteiger charge is -2.32. The zero-order valence-corrected chi connectivity index (χ0v) is 19.0. The molecule has 0 saturated carbocycles. The van der Waals surface area contributed by atoms with Crippen LogP contribution in [0.15, 0.2) is 24.4 Å². The van der Waals surface area contributed by atoms with Gasteiger partial charge in [-0.25, -0.2) is 14.2 Å². The highest BCUT2D eigenvalue weighted by Crippen LogP contribution is 2.25. The second-order valence-corrected chi connectivity index (χ2v) is 7.54. The molecule has 4 N–H and O–H groups in total. The predicted octanol–water partition coefficient (Wildman–Crippen LogP) is 1.59. The number of ketones is 1. The molecule has 0 radical (unpaired) electrons. The van der Waals surface area contributed by atoms with Crippen LogP contribution in [0.2, 0.25) is 0 Å². The van der Waals surface area contributed by atoms with Gasteiger partial charge in [-0.2, -0.15) is 4.98 Å². The number of aromatic nitrogens is 2. The van der Waals surface area contributed by atoms with E-state index in [1.807, 2.05) is 0 Å². The number of benzene rings is 1. The Balaban J connectivity index is 1.57. The number of likely N-dealkylation sites (tertiary alicyclic amines) is 1. The summed E-state index contributed by atoms with van der Waals surface area (Å²) >= 11 is 0. The Kier molecular flexibility index (Phi) is 8.17. The van der Waals surface area contributed by atoms with Gasteiger partial charge in [0.1, 0.15) is 23.9 Å². The summed E-state index contributed by atoms with van der Waals surface area (Å²) in [6, 6.07) is 3.28. The number of nitrogen functional groups attached to an aromatic ring is 1. The zero-order valence-electron chi connectivity index (χ0n) is 19.0. The van der Waals surface area contributed by atoms with Crippen LogP contribution in [0.4, 0.5) is 21.0 Å². The van der Waals surface area contributed by atoms with Crippen molar-refractivity contribution in [2.75, 3.05) is 44.4 Å². The Hall–Kier alpha value is -3.96. The van der Waals surface area contributed by atoms with Crippen LogP contribution in [0.1, 0.15) is 35.7 Å². The Bertz CT molecular complexity index is 1060. The number of hydrogen-bond acceptors (Lipinski definition) is 9. The van der Waals surface area contributed by atoms with Gasteiger partial charge in [0.2, 0.25) is 11.7 Å². The number of carbonyl (C=O) groups excluding carboxylic acids is 3. The van der Waals surface area contributed by atoms with Gasteiger partial charge in [-0.15, -0.1) is 0 Å². The standard InChI is InChI=1S/C22H27FN6O5/c1-3-34-18(30)12-26-22(32)29-8-6-14(7-9-29)27-21-25-11-16(20(24)28-21)19(31)15-10-13(23)4-5-17(15)33-2/h4-5,10-11,14H,3,6-9,12H2,1-2H3,(H,26,32)(H3,24,25,27,28). The third kappa shape index (κ3) is 6.09. The van der Waals surface area contributed by atoms with Crippen molar-refractivity contribution in [2.45, 2.75) is 25.8 Å². The quantitative estimate of drug-likeness (QED) is 0.383. The Labute approximate surface area is 195 Å². The minimum absolute atomic E-state index is 0.0154. The highest BCUT2D eigenvalue weighted by molar-refractivity contribution is 6.13. The number of esters is 1. The molecule has 0 unspecified atom stereocenters. The zero-order chi connectivity index (χ0) is 24.7. The number of anilines is 2. The summed E-state index contributed by atoms with van der Waals surface area (Å²) < 4.78 is 23.6. The number of piperidine rings is 1. The van der Waals surface area contributed by atoms with Crippen LogP contribution in [-0.4, -0.2) is 72.0 Å². The van der Waals surface area contributed by atoms with Gasteiger partial charge in [0.05, 0.1) is 24.8 Å². The molecule has 1 fully saturated rings. The maximum atomic E-state index is 13.6. The van der Waals surface area contributed by atoms with Crippen LogP contribution in [0.25, 0.3) is 0 Å². The predicted molar refractivity (Wildman–Crippen MR) is 121 cm³/mol. The molecule has 3 rings (SSSR count). The molecule has 0 bridgehead atoms. The molecule has 182 valence electrons. The van der Waals surface area contributed by atoms with E-state index >= 15 is 0 Å². The molecule has 2 aromatic rings. The molecule has 2 heterocycles. The van der Waals surface area contributed by atoms with Crippen molar-refractivity contribution >= 4 is 29.5 Å². The van der Waals surface area contributed by atoms with Crippen molar-refractivity contribution in [3.8, 4) is 5.75 Å². The van der Waals surface area contributed by atoms with E-state index in [2.05, 4.69) is 20.6 Å². The number of amides is 2. The summed E-state index contributed by atoms with van der Waals surface area (Å²) in [6.07, 6.45) is 2.53. The number of nitrogens with zero attached hydrogens (tertiary/aromatic N) is 3. The van der Waals surface area contributed by atoms with Crippen LogP contribution < -0.4 is 21.1 Å². The first-order chi connectivity index (χ1) is 16.3. The first-order valence-corrected chi connectivity index (χ1v) is 10.8. The number of ether oxygens (including phenoxy) is 2. The fourth-order valence-corrected chi connectivity index (χ4v) is 3.52. The first kappa shape index (κ1) is 24.7. The van der Waals surface area contributed by atoms with Gasteiger partial charge in [-0.1, -0.05) is 0 Å². The van der Waals surface area contributed by atoms with Crippen LogP contribution in [-0.2, 0) is 9.53 Å². The lowest BCUT2D eigenvalue weighted by atomic mass is 10.0. The molecule has 12 heteroatoms. The van der Waals surface area contributed by atoms with Crippen molar-refractivity contribution in [3.63, 3.8) is 0 Å². The second-order valence-electron chi connectivity index (χ2n) is 7.54. The van der Waals surface area contributed by atoms with Crippen molar-refractivity contribution in [2.24, 2.45) is 0 Å². The minimum Gasteiger partial charge on any atom is -0.496 e. The van der Waals surface area contributed by atoms with Crippen molar-refractivity contribution < 1.29 is 28.2 Å². The number of methoxy groups -OCH3 is 1. The fourth-order valence-electron chi connectivity index (χ4n) is 3.52. The van der Waals surface area contributed by atoms with Gasteiger partial charge < -0.3 is 30.7 Å². The average Bonchev–Trinajstić information content (AvgIpc) is 2.83. The van der Waals surface area contributed by atoms with Crippen molar-refractivity contribution in [3.05, 3.63) is 41.3 Å². The normalized spacial score (nSPS) is 13.8. The number of nitrogens with two attached hydrogens (primary N) is 1. The van der Waals surface area contributed by atoms with Gasteiger partial charge >= 0.3 is 12.0 Å². The molecular formula is C22H27FN6O5. The van der Waals surface area contributed by atoms with Crippen molar-refractivity contribution in [1.82, 2.24) is 20.2 Å². The highest BCUT2D eigenvalue weighted by atomic mass is 19.1. The lowest BCUT2D eigenvalue weighted by Crippen LogP contribution is -2.48. The van der Waals surface area contributed by atoms with E-state index in [0.717, 1.165) is 6.07 Å². The van der Waals surface area contributed by atoms with E-state index in [9.17, 15) is 18.8 Å². The molecule has 2 amide bonds. The molecule has 1 aliphatic rings. The van der Waals surface area contributed by atoms with Crippen molar-refractivity contribution in [1.29, 1.82) is 0 Å². The van der Waals surface area contributed by atoms with Gasteiger partial charge in [-0.05, 0) is 38.0 Å². The van der Waals surface area contributed by atoms with Gasteiger partial charge in [0.15, 0.2) is 0 Å². The minimum atomic E-state index is -0.581. The van der Waals surface area contributed by atoms with Gasteiger partial charge in [-0.3, -0.25) is 9.59 Å². The molecule has 1 aliphatic heterocycles. The molecule has 0 spiro atoms. The monoisotopic (exact) mass is 474 g/mol. The largest absolute Gasteiger partial charge is 0.496 e. The second kappa shape index (κ2) is 11.3. The number of urea groups is 1. The van der Waals surface area contributed by atoms with Gasteiger partial charge in [0, 0.05) is 25.3 Å². The molecule has 1 aromatic heterocycles. The smallest absolute Gasteiger partial charge is 0.325 e. The molecule has 34 heavy (non-hydrogen) atoms. The van der Waals surface area contributed by atoms with E-state index in [-0.39, 0.29) is 53.9 Å². The van der Waals surface area contributed by atoms with Crippen LogP contribution >= 0.6 is 0 Å². The molecule has 0 aliphatic carbocycles. The van der Waals surface area contributed by atoms with E-state index in [1.54, 1.807) is 11.8 Å². The van der Waals surface area contributed by atoms with Crippen LogP contribution in [0.5, 0.6) is 5.75 Å². The Morgan fingerprint density at radius 1 is 1.24 bits per heavy atom. The van der Waals surface area contributed by atoms with E-state index in [1.165, 1.54) is 25.4 Å². The third-order valence-corrected chi connectivity index (χ3v) is 5.27. The Morgan fingerprint density at radius 3 is 2.62 bits per heavy atom. The number of nitrogens with one attached hydrogen (secondary N) is 2. The first-order valence-electron chi connectivity index (χ1n) is 10.8. The molecular weight excluding hydrogens is 447 g/mol. The highest BCUT2D eigenvalue weighted by Gasteiger charge is 2.24. The fraction of sp³-hybridized carbons (Fsp3) is 0.409. The van der Waals surface area contributed by atoms with E-state index in [0.29, 0.717) is 25.9 Å². The summed E-state index contributed by atoms with van der Waals surface area (Å²) in [7, 11) is 1.38. The summed E-state index contributed by atoms with van der Waals surface area (Å²) in [6.45, 7) is 2.72. The molecule has 0 atom stereocenters. The van der Waals surface area contributed by atoms with E-state index < -0.39 is 17.6 Å². The van der Waals surface area contributed by atoms with Crippen LogP contribution in [0, 0.1) is 5.82 Å². The SMILES string of the molecule is CCOC(=O)CNC(=O)N1CCC(Nc2ncc(C(=O)c3cc(F)ccc3OC)c(N)n2)CC1. The molecule has 1 saturated heterocycles. The summed E-state index contributed by atoms with van der Waals surface area (Å²) in [5.74, 6) is -1.22. The average molecular weight is 474 g/mol. The summed E-state index contributed by atoms with van der Waals surface area (Å²) in [5, 5.41) is 5.69. The van der Waals surface area contributed by atoms with Crippen LogP contribution in [0.3, 0.4) is 0 Å². The van der Waals surface area contributed by atoms with Gasteiger partial charge in [0.25, 0.3) is 0 Å². The molecule has 11 nitrogen and oxygen atoms in total. The van der Waals surface area contributed by atoms with E-state index in [4.69, 9.17) is 15.2 Å². The number of hydrogen-bond donors (Lipinski definition) is 3. The molecule has 1 aromatic carbocycles. The topological polar surface area (TPSA) is 149 Å². The number of carbonyl (C=O) groups is 3. The number of halogens is 1. The number of rotatable bonds is 8. The maximum Gasteiger partial charge on any atom is 0.325 e. The third-order valence-electron chi connectivity index (χ3n) is 5.27. The summed E-state index contributed by atoms with van der Waals surface area (Å²) in [4.78, 5) is 46.3. The maximum absolute atomic E-state index is 13.6. The Morgan fingerprint density at radius 2 is 1.97 bits per heavy atom.